The van der Waals surface area contributed by atoms with E-state index in [1.807, 2.05) is 126 Å². The number of fused-ring (bicyclic) bond motifs is 6. The first-order valence-corrected chi connectivity index (χ1v) is 16.0. The maximum absolute atomic E-state index is 15.2. The number of methoxy groups -OCH3 is 1. The number of Topliss-reactive ketones (excluding diaryl/α,β-unsaturated/α-hetero) is 1. The van der Waals surface area contributed by atoms with E-state index in [9.17, 15) is 9.59 Å². The predicted molar refractivity (Wildman–Crippen MR) is 184 cm³/mol. The number of hydrogen-bond donors (Lipinski definition) is 1. The van der Waals surface area contributed by atoms with E-state index in [0.717, 1.165) is 22.4 Å². The Morgan fingerprint density at radius 2 is 1.40 bits per heavy atom. The molecule has 1 amide bonds. The third-order valence-electron chi connectivity index (χ3n) is 9.88. The minimum Gasteiger partial charge on any atom is -0.497 e. The van der Waals surface area contributed by atoms with Gasteiger partial charge in [0.05, 0.1) is 13.2 Å². The van der Waals surface area contributed by atoms with E-state index in [2.05, 4.69) is 5.32 Å². The summed E-state index contributed by atoms with van der Waals surface area (Å²) < 4.78 is 11.9. The minimum absolute atomic E-state index is 0.292. The van der Waals surface area contributed by atoms with Crippen molar-refractivity contribution in [3.63, 3.8) is 0 Å². The Hall–Kier alpha value is -5.95. The minimum atomic E-state index is -1.47. The molecule has 3 aliphatic rings. The van der Waals surface area contributed by atoms with Gasteiger partial charge in [0.15, 0.2) is 11.9 Å². The van der Waals surface area contributed by atoms with Crippen molar-refractivity contribution in [3.8, 4) is 5.75 Å². The molecule has 0 radical (unpaired) electrons. The molecule has 5 aromatic rings. The molecule has 1 fully saturated rings. The van der Waals surface area contributed by atoms with Gasteiger partial charge < -0.3 is 19.7 Å². The van der Waals surface area contributed by atoms with Crippen LogP contribution in [-0.2, 0) is 19.7 Å². The van der Waals surface area contributed by atoms with E-state index >= 15 is 4.79 Å². The van der Waals surface area contributed by atoms with Crippen molar-refractivity contribution in [2.45, 2.75) is 23.6 Å². The van der Waals surface area contributed by atoms with Crippen molar-refractivity contribution in [2.24, 2.45) is 5.92 Å². The molecular weight excluding hydrogens is 600 g/mol. The molecule has 4 atom stereocenters. The molecule has 3 heterocycles. The van der Waals surface area contributed by atoms with Crippen molar-refractivity contribution in [1.29, 1.82) is 0 Å². The average Bonchev–Trinajstić information content (AvgIpc) is 3.63. The highest BCUT2D eigenvalue weighted by Gasteiger charge is 2.71. The van der Waals surface area contributed by atoms with Crippen LogP contribution < -0.4 is 15.0 Å². The van der Waals surface area contributed by atoms with Gasteiger partial charge in [0, 0.05) is 16.9 Å². The molecule has 5 aromatic carbocycles. The zero-order valence-corrected chi connectivity index (χ0v) is 26.2. The number of benzene rings is 5. The van der Waals surface area contributed by atoms with E-state index < -0.39 is 35.5 Å². The first-order chi connectivity index (χ1) is 23.5. The van der Waals surface area contributed by atoms with Gasteiger partial charge in [0.2, 0.25) is 5.91 Å². The fraction of sp³-hybridized carbons (Fsp3) is 0.146. The number of ketones is 1. The predicted octanol–water partition coefficient (Wildman–Crippen LogP) is 7.00. The largest absolute Gasteiger partial charge is 0.497 e. The van der Waals surface area contributed by atoms with Crippen LogP contribution in [-0.4, -0.2) is 36.9 Å². The van der Waals surface area contributed by atoms with E-state index in [4.69, 9.17) is 9.47 Å². The van der Waals surface area contributed by atoms with Crippen LogP contribution in [0, 0.1) is 5.92 Å². The number of esters is 1. The summed E-state index contributed by atoms with van der Waals surface area (Å²) in [5.41, 5.74) is 3.43. The average molecular weight is 633 g/mol. The van der Waals surface area contributed by atoms with Gasteiger partial charge in [-0.15, -0.1) is 0 Å². The van der Waals surface area contributed by atoms with E-state index in [0.29, 0.717) is 22.6 Å². The zero-order chi connectivity index (χ0) is 32.8. The highest BCUT2D eigenvalue weighted by molar-refractivity contribution is 6.15. The second-order valence-corrected chi connectivity index (χ2v) is 12.3. The number of carbonyl (C=O) groups is 3. The topological polar surface area (TPSA) is 84.9 Å². The second kappa shape index (κ2) is 11.7. The maximum Gasteiger partial charge on any atom is 0.314 e. The lowest BCUT2D eigenvalue weighted by Gasteiger charge is -2.37. The van der Waals surface area contributed by atoms with Crippen molar-refractivity contribution >= 4 is 35.1 Å². The van der Waals surface area contributed by atoms with Gasteiger partial charge in [-0.1, -0.05) is 109 Å². The smallest absolute Gasteiger partial charge is 0.314 e. The third-order valence-corrected chi connectivity index (χ3v) is 9.88. The number of rotatable bonds is 7. The van der Waals surface area contributed by atoms with E-state index in [-0.39, 0.29) is 11.7 Å². The fourth-order valence-electron chi connectivity index (χ4n) is 7.78. The fourth-order valence-corrected chi connectivity index (χ4v) is 7.78. The van der Waals surface area contributed by atoms with Gasteiger partial charge in [0.25, 0.3) is 0 Å². The van der Waals surface area contributed by atoms with Crippen LogP contribution in [0.3, 0.4) is 0 Å². The monoisotopic (exact) mass is 632 g/mol. The van der Waals surface area contributed by atoms with Crippen LogP contribution in [0.25, 0.3) is 6.08 Å². The summed E-state index contributed by atoms with van der Waals surface area (Å²) in [5, 5.41) is 3.07. The summed E-state index contributed by atoms with van der Waals surface area (Å²) in [6.07, 6.45) is 3.16. The quantitative estimate of drug-likeness (QED) is 0.154. The maximum atomic E-state index is 15.2. The number of carbonyl (C=O) groups excluding carboxylic acids is 3. The summed E-state index contributed by atoms with van der Waals surface area (Å²) in [5.74, 6) is -1.88. The molecular formula is C41H32N2O5. The summed E-state index contributed by atoms with van der Waals surface area (Å²) in [6, 6.07) is 39.4. The van der Waals surface area contributed by atoms with Gasteiger partial charge in [-0.05, 0) is 58.7 Å². The number of nitrogens with one attached hydrogen (secondary N) is 1. The Morgan fingerprint density at radius 1 is 0.771 bits per heavy atom. The molecule has 0 aromatic heterocycles. The van der Waals surface area contributed by atoms with Crippen LogP contribution in [0.5, 0.6) is 5.75 Å². The highest BCUT2D eigenvalue weighted by atomic mass is 16.5. The Morgan fingerprint density at radius 3 is 2.08 bits per heavy atom. The number of amides is 1. The van der Waals surface area contributed by atoms with Crippen LogP contribution in [0.2, 0.25) is 0 Å². The Labute approximate surface area is 278 Å². The number of anilines is 2. The number of ether oxygens (including phenoxy) is 2. The molecule has 8 rings (SSSR count). The Kier molecular flexibility index (Phi) is 7.17. The summed E-state index contributed by atoms with van der Waals surface area (Å²) in [6.45, 7) is 0. The lowest BCUT2D eigenvalue weighted by Crippen LogP contribution is -2.51. The lowest BCUT2D eigenvalue weighted by atomic mass is 9.66. The zero-order valence-electron chi connectivity index (χ0n) is 26.2. The van der Waals surface area contributed by atoms with Crippen LogP contribution in [0.4, 0.5) is 11.4 Å². The van der Waals surface area contributed by atoms with Crippen molar-refractivity contribution in [1.82, 2.24) is 0 Å². The molecule has 1 spiro atoms. The van der Waals surface area contributed by atoms with Crippen molar-refractivity contribution in [3.05, 3.63) is 167 Å². The molecule has 7 heteroatoms. The summed E-state index contributed by atoms with van der Waals surface area (Å²) >= 11 is 0. The summed E-state index contributed by atoms with van der Waals surface area (Å²) in [7, 11) is 1.57. The number of nitrogens with zero attached hydrogens (tertiary/aromatic N) is 1. The van der Waals surface area contributed by atoms with Gasteiger partial charge in [-0.2, -0.15) is 0 Å². The first-order valence-electron chi connectivity index (χ1n) is 16.0. The molecule has 1 saturated heterocycles. The van der Waals surface area contributed by atoms with Crippen LogP contribution in [0.1, 0.15) is 38.7 Å². The van der Waals surface area contributed by atoms with Gasteiger partial charge >= 0.3 is 5.97 Å². The first kappa shape index (κ1) is 29.5. The van der Waals surface area contributed by atoms with Gasteiger partial charge in [-0.3, -0.25) is 14.4 Å². The molecule has 3 aliphatic heterocycles. The lowest BCUT2D eigenvalue weighted by molar-refractivity contribution is -0.156. The number of hydrogen-bond acceptors (Lipinski definition) is 6. The number of para-hydroxylation sites is 2. The van der Waals surface area contributed by atoms with Crippen molar-refractivity contribution in [2.75, 3.05) is 17.3 Å². The van der Waals surface area contributed by atoms with Gasteiger partial charge in [-0.25, -0.2) is 0 Å². The Bertz CT molecular complexity index is 2020. The van der Waals surface area contributed by atoms with Crippen molar-refractivity contribution < 1.29 is 23.9 Å². The molecule has 0 saturated carbocycles. The SMILES string of the molecule is COc1ccc(C(=O)[C@H]2[C@@H](C(=O)OC(c3ccccc3)c3ccccc3)[C@]3(C(=O)Nc4ccccc43)C3C=Cc4ccccc4N32)cc1. The molecule has 0 aliphatic carbocycles. The van der Waals surface area contributed by atoms with Crippen LogP contribution in [0.15, 0.2) is 140 Å². The molecule has 1 unspecified atom stereocenters. The third kappa shape index (κ3) is 4.46. The van der Waals surface area contributed by atoms with E-state index in [1.165, 1.54) is 0 Å². The normalized spacial score (nSPS) is 21.8. The standard InChI is InChI=1S/C41H32N2O5/c1-47-30-23-20-27(21-24-30)37(44)36-35(39(45)48-38(28-13-4-2-5-14-28)29-15-6-3-7-16-29)41(31-17-9-10-18-32(31)42-40(41)46)34-25-22-26-12-8-11-19-33(26)43(34)36/h2-25,34-36,38H,1H3,(H,42,46)/t34?,35-,36+,41+/m0/s1. The highest BCUT2D eigenvalue weighted by Crippen LogP contribution is 2.58. The molecule has 7 nitrogen and oxygen atoms in total. The molecule has 48 heavy (non-hydrogen) atoms. The molecule has 0 bridgehead atoms. The second-order valence-electron chi connectivity index (χ2n) is 12.3. The molecule has 1 N–H and O–H groups in total. The summed E-state index contributed by atoms with van der Waals surface area (Å²) in [4.78, 5) is 46.8. The van der Waals surface area contributed by atoms with Crippen LogP contribution >= 0.6 is 0 Å². The molecule has 236 valence electrons. The van der Waals surface area contributed by atoms with E-state index in [1.54, 1.807) is 31.4 Å². The Balaban J connectivity index is 1.35. The van der Waals surface area contributed by atoms with Gasteiger partial charge in [0.1, 0.15) is 23.1 Å².